The molecule has 0 aliphatic heterocycles. The highest BCUT2D eigenvalue weighted by molar-refractivity contribution is 5.91. The summed E-state index contributed by atoms with van der Waals surface area (Å²) >= 11 is 0. The molecule has 3 heteroatoms. The van der Waals surface area contributed by atoms with Crippen LogP contribution in [0.15, 0.2) is 30.0 Å². The lowest BCUT2D eigenvalue weighted by molar-refractivity contribution is 0.255. The molecule has 0 unspecified atom stereocenters. The van der Waals surface area contributed by atoms with Crippen molar-refractivity contribution in [2.45, 2.75) is 39.5 Å². The maximum Gasteiger partial charge on any atom is 0.323 e. The number of benzene rings is 1. The van der Waals surface area contributed by atoms with Gasteiger partial charge in [0.05, 0.1) is 0 Å². The Kier molecular flexibility index (Phi) is 4.03. The zero-order chi connectivity index (χ0) is 13.0. The highest BCUT2D eigenvalue weighted by Gasteiger charge is 2.08. The number of para-hydroxylation sites is 1. The van der Waals surface area contributed by atoms with Crippen LogP contribution in [0.2, 0.25) is 0 Å². The highest BCUT2D eigenvalue weighted by Crippen LogP contribution is 2.23. The minimum atomic E-state index is -0.160. The molecular formula is C15H20N2O. The van der Waals surface area contributed by atoms with Crippen molar-refractivity contribution in [2.24, 2.45) is 0 Å². The van der Waals surface area contributed by atoms with Crippen LogP contribution >= 0.6 is 0 Å². The quantitative estimate of drug-likeness (QED) is 0.814. The minimum Gasteiger partial charge on any atom is -0.314 e. The van der Waals surface area contributed by atoms with E-state index in [0.29, 0.717) is 0 Å². The second kappa shape index (κ2) is 5.71. The van der Waals surface area contributed by atoms with Crippen LogP contribution < -0.4 is 10.6 Å². The van der Waals surface area contributed by atoms with E-state index in [9.17, 15) is 4.79 Å². The predicted molar refractivity (Wildman–Crippen MR) is 74.6 cm³/mol. The normalized spacial score (nSPS) is 14.4. The molecule has 1 aromatic rings. The van der Waals surface area contributed by atoms with Gasteiger partial charge >= 0.3 is 6.03 Å². The fourth-order valence-electron chi connectivity index (χ4n) is 2.30. The van der Waals surface area contributed by atoms with Crippen molar-refractivity contribution >= 4 is 11.7 Å². The number of rotatable bonds is 2. The molecule has 2 N–H and O–H groups in total. The standard InChI is InChI=1S/C15H20N2O/c1-11-6-5-7-12(2)14(11)17-15(18)16-10-13-8-3-4-9-13/h5-7,10H,3-4,8-9H2,1-2H3,(H2,16,17,18). The van der Waals surface area contributed by atoms with Crippen LogP contribution in [0.4, 0.5) is 10.5 Å². The molecule has 2 amide bonds. The van der Waals surface area contributed by atoms with E-state index < -0.39 is 0 Å². The van der Waals surface area contributed by atoms with Crippen molar-refractivity contribution in [1.29, 1.82) is 0 Å². The second-order valence-corrected chi connectivity index (χ2v) is 4.87. The summed E-state index contributed by atoms with van der Waals surface area (Å²) in [4.78, 5) is 11.8. The molecule has 0 spiro atoms. The molecule has 0 radical (unpaired) electrons. The van der Waals surface area contributed by atoms with Gasteiger partial charge in [0.1, 0.15) is 0 Å². The predicted octanol–water partition coefficient (Wildman–Crippen LogP) is 3.88. The molecule has 1 aliphatic carbocycles. The topological polar surface area (TPSA) is 41.1 Å². The van der Waals surface area contributed by atoms with E-state index in [1.165, 1.54) is 18.4 Å². The number of carbonyl (C=O) groups is 1. The van der Waals surface area contributed by atoms with Gasteiger partial charge in [-0.1, -0.05) is 23.8 Å². The van der Waals surface area contributed by atoms with Crippen molar-refractivity contribution in [2.75, 3.05) is 5.32 Å². The Bertz CT molecular complexity index is 449. The maximum absolute atomic E-state index is 11.8. The first-order valence-corrected chi connectivity index (χ1v) is 6.48. The SMILES string of the molecule is Cc1cccc(C)c1NC(=O)NC=C1CCCC1. The summed E-state index contributed by atoms with van der Waals surface area (Å²) in [7, 11) is 0. The molecule has 1 aliphatic rings. The first-order chi connectivity index (χ1) is 8.66. The number of aryl methyl sites for hydroxylation is 2. The van der Waals surface area contributed by atoms with E-state index in [1.807, 2.05) is 38.2 Å². The van der Waals surface area contributed by atoms with Gasteiger partial charge in [0, 0.05) is 11.9 Å². The van der Waals surface area contributed by atoms with Crippen molar-refractivity contribution in [3.05, 3.63) is 41.1 Å². The lowest BCUT2D eigenvalue weighted by Crippen LogP contribution is -2.25. The summed E-state index contributed by atoms with van der Waals surface area (Å²) < 4.78 is 0. The summed E-state index contributed by atoms with van der Waals surface area (Å²) in [5.74, 6) is 0. The molecule has 1 aromatic carbocycles. The van der Waals surface area contributed by atoms with Crippen molar-refractivity contribution in [1.82, 2.24) is 5.32 Å². The Morgan fingerprint density at radius 3 is 2.39 bits per heavy atom. The van der Waals surface area contributed by atoms with Crippen LogP contribution in [0.25, 0.3) is 0 Å². The summed E-state index contributed by atoms with van der Waals surface area (Å²) in [6.07, 6.45) is 6.57. The van der Waals surface area contributed by atoms with Crippen molar-refractivity contribution in [3.8, 4) is 0 Å². The Hall–Kier alpha value is -1.77. The lowest BCUT2D eigenvalue weighted by Gasteiger charge is -2.11. The Morgan fingerprint density at radius 1 is 1.17 bits per heavy atom. The molecule has 0 heterocycles. The average Bonchev–Trinajstić information content (AvgIpc) is 2.84. The zero-order valence-electron chi connectivity index (χ0n) is 11.0. The molecule has 1 fully saturated rings. The van der Waals surface area contributed by atoms with E-state index in [2.05, 4.69) is 10.6 Å². The molecular weight excluding hydrogens is 224 g/mol. The molecule has 0 saturated heterocycles. The number of nitrogens with one attached hydrogen (secondary N) is 2. The highest BCUT2D eigenvalue weighted by atomic mass is 16.2. The molecule has 0 bridgehead atoms. The van der Waals surface area contributed by atoms with Gasteiger partial charge in [0.25, 0.3) is 0 Å². The number of carbonyl (C=O) groups excluding carboxylic acids is 1. The number of urea groups is 1. The van der Waals surface area contributed by atoms with E-state index >= 15 is 0 Å². The second-order valence-electron chi connectivity index (χ2n) is 4.87. The lowest BCUT2D eigenvalue weighted by atomic mass is 10.1. The van der Waals surface area contributed by atoms with Gasteiger partial charge in [-0.15, -0.1) is 0 Å². The zero-order valence-corrected chi connectivity index (χ0v) is 11.0. The van der Waals surface area contributed by atoms with Gasteiger partial charge in [0.2, 0.25) is 0 Å². The number of amides is 2. The van der Waals surface area contributed by atoms with Crippen LogP contribution in [0, 0.1) is 13.8 Å². The van der Waals surface area contributed by atoms with Crippen molar-refractivity contribution in [3.63, 3.8) is 0 Å². The van der Waals surface area contributed by atoms with Crippen LogP contribution in [-0.4, -0.2) is 6.03 Å². The summed E-state index contributed by atoms with van der Waals surface area (Å²) in [6, 6.07) is 5.83. The molecule has 0 atom stereocenters. The molecule has 96 valence electrons. The largest absolute Gasteiger partial charge is 0.323 e. The summed E-state index contributed by atoms with van der Waals surface area (Å²) in [5, 5.41) is 5.72. The van der Waals surface area contributed by atoms with Crippen LogP contribution in [0.1, 0.15) is 36.8 Å². The Balaban J connectivity index is 1.96. The smallest absolute Gasteiger partial charge is 0.314 e. The maximum atomic E-state index is 11.8. The van der Waals surface area contributed by atoms with Gasteiger partial charge in [-0.3, -0.25) is 0 Å². The van der Waals surface area contributed by atoms with E-state index in [1.54, 1.807) is 0 Å². The third-order valence-corrected chi connectivity index (χ3v) is 3.37. The van der Waals surface area contributed by atoms with E-state index in [-0.39, 0.29) is 6.03 Å². The van der Waals surface area contributed by atoms with Gasteiger partial charge in [-0.2, -0.15) is 0 Å². The minimum absolute atomic E-state index is 0.160. The van der Waals surface area contributed by atoms with Crippen LogP contribution in [0.5, 0.6) is 0 Å². The van der Waals surface area contributed by atoms with E-state index in [4.69, 9.17) is 0 Å². The third kappa shape index (κ3) is 3.13. The number of allylic oxidation sites excluding steroid dienone is 1. The number of hydrogen-bond donors (Lipinski definition) is 2. The molecule has 1 saturated carbocycles. The van der Waals surface area contributed by atoms with Gasteiger partial charge in [-0.05, 0) is 50.7 Å². The molecule has 18 heavy (non-hydrogen) atoms. The van der Waals surface area contributed by atoms with Crippen molar-refractivity contribution < 1.29 is 4.79 Å². The van der Waals surface area contributed by atoms with Gasteiger partial charge < -0.3 is 10.6 Å². The molecule has 0 aromatic heterocycles. The average molecular weight is 244 g/mol. The van der Waals surface area contributed by atoms with E-state index in [0.717, 1.165) is 29.7 Å². The third-order valence-electron chi connectivity index (χ3n) is 3.37. The Morgan fingerprint density at radius 2 is 1.78 bits per heavy atom. The fraction of sp³-hybridized carbons (Fsp3) is 0.400. The molecule has 3 nitrogen and oxygen atoms in total. The molecule has 2 rings (SSSR count). The first kappa shape index (κ1) is 12.7. The Labute approximate surface area is 108 Å². The van der Waals surface area contributed by atoms with Crippen LogP contribution in [-0.2, 0) is 0 Å². The number of anilines is 1. The first-order valence-electron chi connectivity index (χ1n) is 6.48. The number of hydrogen-bond acceptors (Lipinski definition) is 1. The van der Waals surface area contributed by atoms with Gasteiger partial charge in [-0.25, -0.2) is 4.79 Å². The monoisotopic (exact) mass is 244 g/mol. The van der Waals surface area contributed by atoms with Gasteiger partial charge in [0.15, 0.2) is 0 Å². The summed E-state index contributed by atoms with van der Waals surface area (Å²) in [5.41, 5.74) is 4.41. The van der Waals surface area contributed by atoms with Crippen LogP contribution in [0.3, 0.4) is 0 Å². The fourth-order valence-corrected chi connectivity index (χ4v) is 2.30. The summed E-state index contributed by atoms with van der Waals surface area (Å²) in [6.45, 7) is 4.00.